The van der Waals surface area contributed by atoms with E-state index in [4.69, 9.17) is 0 Å². The number of aromatic nitrogens is 2. The number of anilines is 1. The number of rotatable bonds is 3. The number of fused-ring (bicyclic) bond motifs is 1. The van der Waals surface area contributed by atoms with Gasteiger partial charge in [-0.15, -0.1) is 11.8 Å². The molecule has 0 saturated carbocycles. The van der Waals surface area contributed by atoms with Crippen LogP contribution in [0.3, 0.4) is 0 Å². The minimum absolute atomic E-state index is 0.0396. The SMILES string of the molecule is O=C1CS[C@H](c2ccccc2[N+](=O)[O-])c2cnn(-c3ccccc3)c2N1. The van der Waals surface area contributed by atoms with Crippen molar-refractivity contribution in [2.75, 3.05) is 11.1 Å². The first-order valence-corrected chi connectivity index (χ1v) is 8.98. The number of thioether (sulfide) groups is 1. The fourth-order valence-electron chi connectivity index (χ4n) is 2.99. The van der Waals surface area contributed by atoms with Crippen LogP contribution in [-0.2, 0) is 4.79 Å². The van der Waals surface area contributed by atoms with E-state index in [1.165, 1.54) is 17.8 Å². The molecule has 0 fully saturated rings. The highest BCUT2D eigenvalue weighted by atomic mass is 32.2. The maximum atomic E-state index is 12.2. The number of para-hydroxylation sites is 2. The summed E-state index contributed by atoms with van der Waals surface area (Å²) < 4.78 is 1.65. The van der Waals surface area contributed by atoms with Crippen molar-refractivity contribution in [3.63, 3.8) is 0 Å². The molecule has 4 rings (SSSR count). The third-order valence-corrected chi connectivity index (χ3v) is 5.41. The van der Waals surface area contributed by atoms with E-state index >= 15 is 0 Å². The molecular formula is C18H14N4O3S. The van der Waals surface area contributed by atoms with Crippen LogP contribution in [0.15, 0.2) is 60.8 Å². The highest BCUT2D eigenvalue weighted by molar-refractivity contribution is 8.00. The predicted octanol–water partition coefficient (Wildman–Crippen LogP) is 3.56. The fraction of sp³-hybridized carbons (Fsp3) is 0.111. The summed E-state index contributed by atoms with van der Waals surface area (Å²) in [7, 11) is 0. The molecule has 0 spiro atoms. The second-order valence-corrected chi connectivity index (χ2v) is 6.84. The van der Waals surface area contributed by atoms with Crippen molar-refractivity contribution in [2.45, 2.75) is 5.25 Å². The van der Waals surface area contributed by atoms with Gasteiger partial charge in [0, 0.05) is 17.2 Å². The predicted molar refractivity (Wildman–Crippen MR) is 99.6 cm³/mol. The summed E-state index contributed by atoms with van der Waals surface area (Å²) in [6.07, 6.45) is 1.67. The van der Waals surface area contributed by atoms with Crippen molar-refractivity contribution in [1.29, 1.82) is 0 Å². The molecule has 1 amide bonds. The second-order valence-electron chi connectivity index (χ2n) is 5.75. The van der Waals surface area contributed by atoms with Crippen molar-refractivity contribution in [1.82, 2.24) is 9.78 Å². The van der Waals surface area contributed by atoms with Crippen molar-refractivity contribution in [3.05, 3.63) is 82.0 Å². The summed E-state index contributed by atoms with van der Waals surface area (Å²) >= 11 is 1.36. The van der Waals surface area contributed by atoms with Crippen LogP contribution in [0.5, 0.6) is 0 Å². The third kappa shape index (κ3) is 2.84. The van der Waals surface area contributed by atoms with Crippen LogP contribution in [-0.4, -0.2) is 26.4 Å². The van der Waals surface area contributed by atoms with E-state index in [-0.39, 0.29) is 22.6 Å². The minimum Gasteiger partial charge on any atom is -0.310 e. The van der Waals surface area contributed by atoms with E-state index in [0.29, 0.717) is 11.4 Å². The zero-order valence-electron chi connectivity index (χ0n) is 13.5. The van der Waals surface area contributed by atoms with Gasteiger partial charge in [-0.1, -0.05) is 36.4 Å². The number of nitrogens with zero attached hydrogens (tertiary/aromatic N) is 3. The van der Waals surface area contributed by atoms with Crippen molar-refractivity contribution < 1.29 is 9.72 Å². The summed E-state index contributed by atoms with van der Waals surface area (Å²) in [5, 5.41) is 18.4. The van der Waals surface area contributed by atoms with Crippen molar-refractivity contribution in [3.8, 4) is 5.69 Å². The maximum absolute atomic E-state index is 12.2. The Morgan fingerprint density at radius 3 is 2.62 bits per heavy atom. The molecule has 0 saturated heterocycles. The molecule has 1 N–H and O–H groups in total. The molecule has 3 aromatic rings. The summed E-state index contributed by atoms with van der Waals surface area (Å²) in [5.41, 5.74) is 2.16. The van der Waals surface area contributed by atoms with Gasteiger partial charge in [-0.25, -0.2) is 4.68 Å². The Morgan fingerprint density at radius 2 is 1.85 bits per heavy atom. The van der Waals surface area contributed by atoms with Gasteiger partial charge in [0.2, 0.25) is 5.91 Å². The Hall–Kier alpha value is -3.13. The molecule has 1 atom stereocenters. The molecule has 0 radical (unpaired) electrons. The molecule has 2 aromatic carbocycles. The van der Waals surface area contributed by atoms with Crippen molar-refractivity contribution in [2.24, 2.45) is 0 Å². The number of amides is 1. The lowest BCUT2D eigenvalue weighted by Gasteiger charge is -2.14. The molecule has 0 aliphatic carbocycles. The number of hydrogen-bond acceptors (Lipinski definition) is 5. The monoisotopic (exact) mass is 366 g/mol. The molecule has 7 nitrogen and oxygen atoms in total. The van der Waals surface area contributed by atoms with Gasteiger partial charge in [0.05, 0.1) is 27.8 Å². The van der Waals surface area contributed by atoms with Gasteiger partial charge in [-0.05, 0) is 12.1 Å². The molecule has 1 aromatic heterocycles. The van der Waals surface area contributed by atoms with Crippen LogP contribution in [0.1, 0.15) is 16.4 Å². The van der Waals surface area contributed by atoms with Gasteiger partial charge in [0.25, 0.3) is 5.69 Å². The first kappa shape index (κ1) is 16.3. The highest BCUT2D eigenvalue weighted by Crippen LogP contribution is 2.44. The molecule has 0 unspecified atom stereocenters. The fourth-order valence-corrected chi connectivity index (χ4v) is 4.11. The number of benzene rings is 2. The van der Waals surface area contributed by atoms with E-state index < -0.39 is 4.92 Å². The largest absolute Gasteiger partial charge is 0.310 e. The summed E-state index contributed by atoms with van der Waals surface area (Å²) in [6, 6.07) is 16.1. The quantitative estimate of drug-likeness (QED) is 0.565. The van der Waals surface area contributed by atoms with Gasteiger partial charge in [0.1, 0.15) is 5.82 Å². The Bertz CT molecular complexity index is 987. The summed E-state index contributed by atoms with van der Waals surface area (Å²) in [4.78, 5) is 23.3. The van der Waals surface area contributed by atoms with Gasteiger partial charge in [-0.2, -0.15) is 5.10 Å². The molecule has 0 bridgehead atoms. The number of nitro groups is 1. The topological polar surface area (TPSA) is 90.1 Å². The number of nitrogens with one attached hydrogen (secondary N) is 1. The molecule has 1 aliphatic rings. The lowest BCUT2D eigenvalue weighted by Crippen LogP contribution is -2.15. The standard InChI is InChI=1S/C18H14N4O3S/c23-16-11-26-17(13-8-4-5-9-15(13)22(24)25)14-10-19-21(18(14)20-16)12-6-2-1-3-7-12/h1-10,17H,11H2,(H,20,23)/t17-/m1/s1. The van der Waals surface area contributed by atoms with E-state index in [0.717, 1.165) is 11.3 Å². The Morgan fingerprint density at radius 1 is 1.12 bits per heavy atom. The van der Waals surface area contributed by atoms with Gasteiger partial charge >= 0.3 is 0 Å². The van der Waals surface area contributed by atoms with E-state index in [1.807, 2.05) is 30.3 Å². The van der Waals surface area contributed by atoms with Crippen LogP contribution in [0.2, 0.25) is 0 Å². The van der Waals surface area contributed by atoms with Crippen molar-refractivity contribution >= 4 is 29.2 Å². The van der Waals surface area contributed by atoms with E-state index in [9.17, 15) is 14.9 Å². The summed E-state index contributed by atoms with van der Waals surface area (Å²) in [5.74, 6) is 0.601. The molecule has 1 aliphatic heterocycles. The Kier molecular flexibility index (Phi) is 4.18. The van der Waals surface area contributed by atoms with E-state index in [2.05, 4.69) is 10.4 Å². The van der Waals surface area contributed by atoms with E-state index in [1.54, 1.807) is 29.1 Å². The van der Waals surface area contributed by atoms with Gasteiger partial charge in [-0.3, -0.25) is 14.9 Å². The lowest BCUT2D eigenvalue weighted by molar-refractivity contribution is -0.385. The van der Waals surface area contributed by atoms with Crippen LogP contribution in [0, 0.1) is 10.1 Å². The van der Waals surface area contributed by atoms with Crippen LogP contribution in [0.4, 0.5) is 11.5 Å². The average molecular weight is 366 g/mol. The summed E-state index contributed by atoms with van der Waals surface area (Å²) in [6.45, 7) is 0. The number of hydrogen-bond donors (Lipinski definition) is 1. The average Bonchev–Trinajstić information content (AvgIpc) is 2.98. The zero-order chi connectivity index (χ0) is 18.1. The van der Waals surface area contributed by atoms with Crippen LogP contribution < -0.4 is 5.32 Å². The normalized spacial score (nSPS) is 16.5. The van der Waals surface area contributed by atoms with Gasteiger partial charge < -0.3 is 5.32 Å². The van der Waals surface area contributed by atoms with Crippen LogP contribution >= 0.6 is 11.8 Å². The number of carbonyl (C=O) groups is 1. The molecule has 8 heteroatoms. The lowest BCUT2D eigenvalue weighted by atomic mass is 10.0. The minimum atomic E-state index is -0.392. The number of nitro benzene ring substituents is 1. The van der Waals surface area contributed by atoms with Gasteiger partial charge in [0.15, 0.2) is 0 Å². The molecule has 26 heavy (non-hydrogen) atoms. The molecular weight excluding hydrogens is 352 g/mol. The zero-order valence-corrected chi connectivity index (χ0v) is 14.3. The number of carbonyl (C=O) groups excluding carboxylic acids is 1. The second kappa shape index (κ2) is 6.64. The molecule has 130 valence electrons. The van der Waals surface area contributed by atoms with Crippen LogP contribution in [0.25, 0.3) is 5.69 Å². The first-order valence-electron chi connectivity index (χ1n) is 7.93. The first-order chi connectivity index (χ1) is 12.6. The smallest absolute Gasteiger partial charge is 0.274 e. The third-order valence-electron chi connectivity index (χ3n) is 4.14. The highest BCUT2D eigenvalue weighted by Gasteiger charge is 2.31. The Labute approximate surface area is 153 Å². The molecule has 2 heterocycles. The Balaban J connectivity index is 1.87. The maximum Gasteiger partial charge on any atom is 0.274 e.